The molecule has 1 saturated carbocycles. The molecule has 33 heavy (non-hydrogen) atoms. The Morgan fingerprint density at radius 3 is 2.76 bits per heavy atom. The predicted molar refractivity (Wildman–Crippen MR) is 116 cm³/mol. The maximum atomic E-state index is 14.6. The highest BCUT2D eigenvalue weighted by molar-refractivity contribution is 5.68. The Bertz CT molecular complexity index is 1020. The lowest BCUT2D eigenvalue weighted by Crippen LogP contribution is -2.52. The van der Waals surface area contributed by atoms with Gasteiger partial charge in [-0.25, -0.2) is 18.6 Å². The van der Waals surface area contributed by atoms with Gasteiger partial charge >= 0.3 is 6.09 Å². The van der Waals surface area contributed by atoms with Gasteiger partial charge in [0.05, 0.1) is 24.0 Å². The summed E-state index contributed by atoms with van der Waals surface area (Å²) in [6, 6.07) is 2.70. The lowest BCUT2D eigenvalue weighted by Gasteiger charge is -2.40. The number of halogens is 2. The van der Waals surface area contributed by atoms with Gasteiger partial charge in [-0.3, -0.25) is 4.90 Å². The minimum atomic E-state index is -0.815. The van der Waals surface area contributed by atoms with E-state index in [4.69, 9.17) is 14.5 Å². The highest BCUT2D eigenvalue weighted by Gasteiger charge is 2.40. The second kappa shape index (κ2) is 8.36. The number of alkyl carbamates (subject to hydrolysis) is 1. The average Bonchev–Trinajstić information content (AvgIpc) is 3.38. The number of benzene rings is 1. The van der Waals surface area contributed by atoms with Gasteiger partial charge in [-0.1, -0.05) is 0 Å². The molecular weight excluding hydrogens is 430 g/mol. The van der Waals surface area contributed by atoms with Gasteiger partial charge in [-0.05, 0) is 58.2 Å². The fraction of sp³-hybridized carbons (Fsp3) is 0.583. The summed E-state index contributed by atoms with van der Waals surface area (Å²) in [6.45, 7) is 7.09. The maximum Gasteiger partial charge on any atom is 0.407 e. The number of carbonyl (C=O) groups excluding carboxylic acids is 1. The molecule has 0 unspecified atom stereocenters. The summed E-state index contributed by atoms with van der Waals surface area (Å²) in [7, 11) is 0. The first kappa shape index (κ1) is 22.3. The molecule has 9 heteroatoms. The maximum absolute atomic E-state index is 14.6. The monoisotopic (exact) mass is 460 g/mol. The van der Waals surface area contributed by atoms with E-state index >= 15 is 0 Å². The van der Waals surface area contributed by atoms with E-state index in [0.717, 1.165) is 42.0 Å². The van der Waals surface area contributed by atoms with E-state index < -0.39 is 35.5 Å². The van der Waals surface area contributed by atoms with Crippen molar-refractivity contribution in [1.82, 2.24) is 20.2 Å². The van der Waals surface area contributed by atoms with Crippen LogP contribution in [0.5, 0.6) is 0 Å². The Morgan fingerprint density at radius 2 is 2.06 bits per heavy atom. The van der Waals surface area contributed by atoms with Crippen molar-refractivity contribution in [3.05, 3.63) is 52.6 Å². The van der Waals surface area contributed by atoms with E-state index in [9.17, 15) is 13.6 Å². The van der Waals surface area contributed by atoms with Gasteiger partial charge in [0, 0.05) is 30.6 Å². The summed E-state index contributed by atoms with van der Waals surface area (Å²) in [5.74, 6) is 0.546. The third-order valence-corrected chi connectivity index (χ3v) is 6.40. The Hall–Kier alpha value is -2.52. The van der Waals surface area contributed by atoms with Crippen molar-refractivity contribution in [2.45, 2.75) is 82.8 Å². The number of nitrogens with zero attached hydrogens (tertiary/aromatic N) is 2. The van der Waals surface area contributed by atoms with Crippen LogP contribution in [-0.2, 0) is 22.6 Å². The number of fused-ring (bicyclic) bond motifs is 1. The quantitative estimate of drug-likeness (QED) is 0.711. The normalized spacial score (nSPS) is 25.7. The second-order valence-electron chi connectivity index (χ2n) is 10.3. The summed E-state index contributed by atoms with van der Waals surface area (Å²) < 4.78 is 39.9. The minimum absolute atomic E-state index is 0.00946. The topological polar surface area (TPSA) is 79.5 Å². The second-order valence-corrected chi connectivity index (χ2v) is 10.3. The van der Waals surface area contributed by atoms with Gasteiger partial charge in [0.1, 0.15) is 29.2 Å². The summed E-state index contributed by atoms with van der Waals surface area (Å²) in [4.78, 5) is 23.0. The van der Waals surface area contributed by atoms with Crippen LogP contribution in [0.3, 0.4) is 0 Å². The summed E-state index contributed by atoms with van der Waals surface area (Å²) in [5.41, 5.74) is 1.61. The third-order valence-electron chi connectivity index (χ3n) is 6.40. The van der Waals surface area contributed by atoms with E-state index in [1.807, 2.05) is 0 Å². The van der Waals surface area contributed by atoms with Crippen LogP contribution >= 0.6 is 0 Å². The number of imidazole rings is 1. The number of carbonyl (C=O) groups is 1. The van der Waals surface area contributed by atoms with E-state index in [2.05, 4.69) is 15.2 Å². The fourth-order valence-corrected chi connectivity index (χ4v) is 4.69. The van der Waals surface area contributed by atoms with Crippen LogP contribution in [0.2, 0.25) is 0 Å². The summed E-state index contributed by atoms with van der Waals surface area (Å²) in [6.07, 6.45) is 1.48. The Kier molecular flexibility index (Phi) is 5.64. The zero-order chi connectivity index (χ0) is 23.3. The van der Waals surface area contributed by atoms with Crippen molar-refractivity contribution >= 4 is 6.09 Å². The van der Waals surface area contributed by atoms with Gasteiger partial charge in [-0.15, -0.1) is 0 Å². The molecule has 2 fully saturated rings. The lowest BCUT2D eigenvalue weighted by molar-refractivity contribution is -0.0629. The first-order chi connectivity index (χ1) is 15.7. The van der Waals surface area contributed by atoms with Crippen molar-refractivity contribution in [2.24, 2.45) is 0 Å². The molecule has 178 valence electrons. The number of aromatic nitrogens is 2. The molecule has 0 bridgehead atoms. The van der Waals surface area contributed by atoms with Crippen LogP contribution in [-0.4, -0.2) is 45.3 Å². The molecule has 2 aliphatic heterocycles. The number of amides is 1. The van der Waals surface area contributed by atoms with Crippen molar-refractivity contribution < 1.29 is 23.0 Å². The van der Waals surface area contributed by atoms with Crippen molar-refractivity contribution in [3.63, 3.8) is 0 Å². The van der Waals surface area contributed by atoms with Crippen LogP contribution in [0.4, 0.5) is 13.6 Å². The van der Waals surface area contributed by atoms with E-state index in [0.29, 0.717) is 25.5 Å². The van der Waals surface area contributed by atoms with E-state index in [1.165, 1.54) is 12.8 Å². The molecule has 1 aliphatic carbocycles. The molecule has 1 amide bonds. The molecule has 1 aromatic heterocycles. The van der Waals surface area contributed by atoms with Crippen LogP contribution in [0.25, 0.3) is 0 Å². The SMILES string of the molecule is CC(C)(C)OC(=O)N[C@H]1C[C@@H](N2Cc3nc(C4CC4)[nH]c3C2)CO[C@@H]1c1cc(F)ccc1F. The van der Waals surface area contributed by atoms with Crippen LogP contribution in [0, 0.1) is 11.6 Å². The first-order valence-corrected chi connectivity index (χ1v) is 11.5. The molecular formula is C24H30F2N4O3. The van der Waals surface area contributed by atoms with Crippen molar-refractivity contribution in [1.29, 1.82) is 0 Å². The fourth-order valence-electron chi connectivity index (χ4n) is 4.69. The molecule has 3 atom stereocenters. The molecule has 0 spiro atoms. The predicted octanol–water partition coefficient (Wildman–Crippen LogP) is 4.30. The Morgan fingerprint density at radius 1 is 1.27 bits per heavy atom. The van der Waals surface area contributed by atoms with Crippen LogP contribution < -0.4 is 5.32 Å². The molecule has 5 rings (SSSR count). The standard InChI is InChI=1S/C24H30F2N4O3/c1-24(2,3)33-23(31)29-18-9-15(12-32-21(18)16-8-14(25)6-7-17(16)26)30-10-19-20(11-30)28-22(27-19)13-4-5-13/h6-8,13,15,18,21H,4-5,9-12H2,1-3H3,(H,27,28)(H,29,31)/t15-,18+,21-/m1/s1. The smallest absolute Gasteiger partial charge is 0.407 e. The van der Waals surface area contributed by atoms with Gasteiger partial charge in [-0.2, -0.15) is 0 Å². The van der Waals surface area contributed by atoms with Crippen molar-refractivity contribution in [2.75, 3.05) is 6.61 Å². The lowest BCUT2D eigenvalue weighted by atomic mass is 9.92. The number of hydrogen-bond acceptors (Lipinski definition) is 5. The summed E-state index contributed by atoms with van der Waals surface area (Å²) >= 11 is 0. The largest absolute Gasteiger partial charge is 0.444 e. The number of H-pyrrole nitrogens is 1. The first-order valence-electron chi connectivity index (χ1n) is 11.5. The Balaban J connectivity index is 1.32. The molecule has 2 N–H and O–H groups in total. The minimum Gasteiger partial charge on any atom is -0.444 e. The van der Waals surface area contributed by atoms with Gasteiger partial charge < -0.3 is 19.8 Å². The zero-order valence-electron chi connectivity index (χ0n) is 19.2. The van der Waals surface area contributed by atoms with Crippen LogP contribution in [0.15, 0.2) is 18.2 Å². The number of rotatable bonds is 4. The third kappa shape index (κ3) is 4.89. The summed E-state index contributed by atoms with van der Waals surface area (Å²) in [5, 5.41) is 2.85. The molecule has 3 heterocycles. The highest BCUT2D eigenvalue weighted by Crippen LogP contribution is 2.40. The molecule has 1 saturated heterocycles. The number of ether oxygens (including phenoxy) is 2. The van der Waals surface area contributed by atoms with Crippen molar-refractivity contribution in [3.8, 4) is 0 Å². The molecule has 1 aromatic carbocycles. The van der Waals surface area contributed by atoms with E-state index in [1.54, 1.807) is 20.8 Å². The van der Waals surface area contributed by atoms with Gasteiger partial charge in [0.15, 0.2) is 0 Å². The number of nitrogens with one attached hydrogen (secondary N) is 2. The molecule has 0 radical (unpaired) electrons. The zero-order valence-corrected chi connectivity index (χ0v) is 19.2. The number of hydrogen-bond donors (Lipinski definition) is 2. The van der Waals surface area contributed by atoms with Gasteiger partial charge in [0.25, 0.3) is 0 Å². The van der Waals surface area contributed by atoms with Crippen LogP contribution in [0.1, 0.15) is 74.8 Å². The number of aromatic amines is 1. The Labute approximate surface area is 191 Å². The van der Waals surface area contributed by atoms with Gasteiger partial charge in [0.2, 0.25) is 0 Å². The van der Waals surface area contributed by atoms with E-state index in [-0.39, 0.29) is 11.6 Å². The average molecular weight is 461 g/mol. The highest BCUT2D eigenvalue weighted by atomic mass is 19.1. The molecule has 3 aliphatic rings. The molecule has 7 nitrogen and oxygen atoms in total. The molecule has 2 aromatic rings.